The first-order chi connectivity index (χ1) is 15.6. The quantitative estimate of drug-likeness (QED) is 0.803. The van der Waals surface area contributed by atoms with Crippen LogP contribution >= 0.6 is 0 Å². The van der Waals surface area contributed by atoms with Gasteiger partial charge in [0.15, 0.2) is 0 Å². The third-order valence-electron chi connectivity index (χ3n) is 8.30. The molecule has 2 aromatic rings. The molecular weight excluding hydrogens is 402 g/mol. The third-order valence-corrected chi connectivity index (χ3v) is 8.30. The van der Waals surface area contributed by atoms with E-state index in [1.165, 1.54) is 41.4 Å². The first kappa shape index (κ1) is 20.3. The van der Waals surface area contributed by atoms with E-state index >= 15 is 0 Å². The molecule has 32 heavy (non-hydrogen) atoms. The van der Waals surface area contributed by atoms with Crippen LogP contribution in [0.2, 0.25) is 0 Å². The van der Waals surface area contributed by atoms with Crippen molar-refractivity contribution in [1.82, 2.24) is 14.8 Å². The van der Waals surface area contributed by atoms with E-state index in [1.807, 2.05) is 11.0 Å². The highest BCUT2D eigenvalue weighted by Gasteiger charge is 2.38. The highest BCUT2D eigenvalue weighted by molar-refractivity contribution is 6.00. The van der Waals surface area contributed by atoms with Crippen molar-refractivity contribution in [3.63, 3.8) is 0 Å². The van der Waals surface area contributed by atoms with Crippen LogP contribution in [0.4, 0.5) is 0 Å². The topological polar surface area (TPSA) is 63.6 Å². The SMILES string of the molecule is Cn1c2c(c3cc(C(=O)N4CC(C(=O)NC5CC5)C4)ccc31)CC(C1CCOCC1)CC2. The van der Waals surface area contributed by atoms with Crippen molar-refractivity contribution < 1.29 is 14.3 Å². The van der Waals surface area contributed by atoms with Gasteiger partial charge in [0.25, 0.3) is 5.91 Å². The van der Waals surface area contributed by atoms with Crippen LogP contribution in [0.1, 0.15) is 53.7 Å². The Morgan fingerprint density at radius 3 is 2.56 bits per heavy atom. The average Bonchev–Trinajstić information content (AvgIpc) is 3.56. The molecule has 0 radical (unpaired) electrons. The molecule has 4 aliphatic rings. The van der Waals surface area contributed by atoms with Gasteiger partial charge in [0.1, 0.15) is 0 Å². The summed E-state index contributed by atoms with van der Waals surface area (Å²) < 4.78 is 7.92. The van der Waals surface area contributed by atoms with Crippen molar-refractivity contribution >= 4 is 22.7 Å². The van der Waals surface area contributed by atoms with Gasteiger partial charge < -0.3 is 19.5 Å². The molecule has 0 bridgehead atoms. The lowest BCUT2D eigenvalue weighted by Gasteiger charge is -2.38. The second-order valence-electron chi connectivity index (χ2n) is 10.4. The molecule has 2 saturated heterocycles. The van der Waals surface area contributed by atoms with E-state index in [-0.39, 0.29) is 17.7 Å². The lowest BCUT2D eigenvalue weighted by Crippen LogP contribution is -2.56. The highest BCUT2D eigenvalue weighted by atomic mass is 16.5. The Hall–Kier alpha value is -2.34. The lowest BCUT2D eigenvalue weighted by atomic mass is 9.75. The van der Waals surface area contributed by atoms with E-state index in [0.717, 1.165) is 56.3 Å². The average molecular weight is 436 g/mol. The zero-order valence-electron chi connectivity index (χ0n) is 18.9. The molecule has 6 nitrogen and oxygen atoms in total. The number of carbonyl (C=O) groups excluding carboxylic acids is 2. The number of hydrogen-bond donors (Lipinski definition) is 1. The van der Waals surface area contributed by atoms with Crippen LogP contribution in [0.15, 0.2) is 18.2 Å². The summed E-state index contributed by atoms with van der Waals surface area (Å²) in [5.41, 5.74) is 4.86. The summed E-state index contributed by atoms with van der Waals surface area (Å²) in [6.07, 6.45) is 8.04. The zero-order valence-corrected chi connectivity index (χ0v) is 18.9. The highest BCUT2D eigenvalue weighted by Crippen LogP contribution is 2.39. The molecule has 1 unspecified atom stereocenters. The van der Waals surface area contributed by atoms with Crippen molar-refractivity contribution in [2.24, 2.45) is 24.8 Å². The molecule has 0 spiro atoms. The normalized spacial score (nSPS) is 24.3. The molecule has 1 N–H and O–H groups in total. The number of fused-ring (bicyclic) bond motifs is 3. The number of nitrogens with one attached hydrogen (secondary N) is 1. The number of rotatable bonds is 4. The van der Waals surface area contributed by atoms with Crippen LogP contribution in [0, 0.1) is 17.8 Å². The maximum atomic E-state index is 13.1. The third kappa shape index (κ3) is 3.53. The Balaban J connectivity index is 1.20. The summed E-state index contributed by atoms with van der Waals surface area (Å²) in [6.45, 7) is 2.87. The van der Waals surface area contributed by atoms with Gasteiger partial charge in [0.2, 0.25) is 5.91 Å². The zero-order chi connectivity index (χ0) is 21.8. The van der Waals surface area contributed by atoms with E-state index in [9.17, 15) is 9.59 Å². The Labute approximate surface area is 189 Å². The van der Waals surface area contributed by atoms with Gasteiger partial charge in [-0.2, -0.15) is 0 Å². The Morgan fingerprint density at radius 1 is 1.03 bits per heavy atom. The number of carbonyl (C=O) groups is 2. The summed E-state index contributed by atoms with van der Waals surface area (Å²) in [5.74, 6) is 1.60. The first-order valence-electron chi connectivity index (χ1n) is 12.4. The van der Waals surface area contributed by atoms with Gasteiger partial charge in [0, 0.05) is 61.6 Å². The molecule has 1 aromatic carbocycles. The molecule has 2 amide bonds. The number of hydrogen-bond acceptors (Lipinski definition) is 3. The van der Waals surface area contributed by atoms with Crippen LogP contribution in [0.5, 0.6) is 0 Å². The van der Waals surface area contributed by atoms with Crippen molar-refractivity contribution in [1.29, 1.82) is 0 Å². The van der Waals surface area contributed by atoms with E-state index in [1.54, 1.807) is 0 Å². The minimum absolute atomic E-state index is 0.0482. The number of aromatic nitrogens is 1. The van der Waals surface area contributed by atoms with Crippen molar-refractivity contribution in [2.75, 3.05) is 26.3 Å². The number of aryl methyl sites for hydroxylation is 1. The summed E-state index contributed by atoms with van der Waals surface area (Å²) >= 11 is 0. The number of likely N-dealkylation sites (tertiary alicyclic amines) is 1. The van der Waals surface area contributed by atoms with Crippen molar-refractivity contribution in [2.45, 2.75) is 51.0 Å². The number of ether oxygens (including phenoxy) is 1. The number of amides is 2. The van der Waals surface area contributed by atoms with E-state index in [4.69, 9.17) is 4.74 Å². The van der Waals surface area contributed by atoms with Crippen LogP contribution in [-0.2, 0) is 29.4 Å². The van der Waals surface area contributed by atoms with Crippen LogP contribution in [-0.4, -0.2) is 53.6 Å². The largest absolute Gasteiger partial charge is 0.381 e. The fourth-order valence-electron chi connectivity index (χ4n) is 6.07. The summed E-state index contributed by atoms with van der Waals surface area (Å²) in [7, 11) is 2.16. The Bertz CT molecular complexity index is 1060. The smallest absolute Gasteiger partial charge is 0.253 e. The summed E-state index contributed by atoms with van der Waals surface area (Å²) in [6, 6.07) is 6.56. The molecule has 3 heterocycles. The molecule has 1 atom stereocenters. The molecule has 6 rings (SSSR count). The van der Waals surface area contributed by atoms with E-state index in [0.29, 0.717) is 19.1 Å². The predicted octanol–water partition coefficient (Wildman–Crippen LogP) is 3.06. The fourth-order valence-corrected chi connectivity index (χ4v) is 6.07. The molecule has 6 heteroatoms. The molecule has 2 aliphatic carbocycles. The Kier molecular flexibility index (Phi) is 5.01. The van der Waals surface area contributed by atoms with Gasteiger partial charge in [0.05, 0.1) is 5.92 Å². The van der Waals surface area contributed by atoms with Gasteiger partial charge in [-0.15, -0.1) is 0 Å². The first-order valence-corrected chi connectivity index (χ1v) is 12.4. The van der Waals surface area contributed by atoms with Crippen molar-refractivity contribution in [3.8, 4) is 0 Å². The predicted molar refractivity (Wildman–Crippen MR) is 123 cm³/mol. The standard InChI is InChI=1S/C26H33N3O3/c1-28-23-6-2-17(16-8-10-32-11-9-16)12-21(23)22-13-18(3-7-24(22)28)26(31)29-14-19(15-29)25(30)27-20-4-5-20/h3,7,13,16-17,19-20H,2,4-6,8-12,14-15H2,1H3,(H,27,30). The second-order valence-corrected chi connectivity index (χ2v) is 10.4. The Morgan fingerprint density at radius 2 is 1.81 bits per heavy atom. The fraction of sp³-hybridized carbons (Fsp3) is 0.615. The molecular formula is C26H33N3O3. The minimum atomic E-state index is -0.0482. The minimum Gasteiger partial charge on any atom is -0.381 e. The van der Waals surface area contributed by atoms with Gasteiger partial charge in [-0.1, -0.05) is 0 Å². The van der Waals surface area contributed by atoms with Gasteiger partial charge in [-0.25, -0.2) is 0 Å². The van der Waals surface area contributed by atoms with Gasteiger partial charge in [-0.05, 0) is 80.5 Å². The molecule has 2 aliphatic heterocycles. The van der Waals surface area contributed by atoms with E-state index in [2.05, 4.69) is 29.1 Å². The van der Waals surface area contributed by atoms with Gasteiger partial charge in [-0.3, -0.25) is 9.59 Å². The van der Waals surface area contributed by atoms with Crippen LogP contribution in [0.3, 0.4) is 0 Å². The van der Waals surface area contributed by atoms with Gasteiger partial charge >= 0.3 is 0 Å². The molecule has 3 fully saturated rings. The maximum absolute atomic E-state index is 13.1. The number of nitrogens with zero attached hydrogens (tertiary/aromatic N) is 2. The molecule has 1 aromatic heterocycles. The number of benzene rings is 1. The summed E-state index contributed by atoms with van der Waals surface area (Å²) in [4.78, 5) is 27.2. The molecule has 1 saturated carbocycles. The van der Waals surface area contributed by atoms with E-state index < -0.39 is 0 Å². The second kappa shape index (κ2) is 7.91. The summed E-state index contributed by atoms with van der Waals surface area (Å²) in [5, 5.41) is 4.30. The van der Waals surface area contributed by atoms with Crippen LogP contribution < -0.4 is 5.32 Å². The monoisotopic (exact) mass is 435 g/mol. The molecule has 170 valence electrons. The van der Waals surface area contributed by atoms with Crippen molar-refractivity contribution in [3.05, 3.63) is 35.0 Å². The lowest BCUT2D eigenvalue weighted by molar-refractivity contribution is -0.129. The van der Waals surface area contributed by atoms with Crippen LogP contribution in [0.25, 0.3) is 10.9 Å². The maximum Gasteiger partial charge on any atom is 0.253 e.